The molecule has 0 saturated carbocycles. The zero-order valence-electron chi connectivity index (χ0n) is 12.6. The molecule has 0 radical (unpaired) electrons. The normalized spacial score (nSPS) is 11.6. The molecular formula is C15H18ClN5O2. The van der Waals surface area contributed by atoms with Crippen LogP contribution in [0.1, 0.15) is 13.3 Å². The van der Waals surface area contributed by atoms with Crippen molar-refractivity contribution in [1.29, 1.82) is 0 Å². The number of ether oxygens (including phenoxy) is 1. The number of aromatic nitrogens is 2. The molecule has 0 fully saturated rings. The van der Waals surface area contributed by atoms with Gasteiger partial charge in [-0.2, -0.15) is 0 Å². The molecule has 2 aromatic rings. The highest BCUT2D eigenvalue weighted by molar-refractivity contribution is 6.29. The first kappa shape index (κ1) is 17.0. The first-order valence-corrected chi connectivity index (χ1v) is 7.48. The van der Waals surface area contributed by atoms with Gasteiger partial charge in [0.1, 0.15) is 5.75 Å². The Labute approximate surface area is 139 Å². The van der Waals surface area contributed by atoms with E-state index >= 15 is 0 Å². The van der Waals surface area contributed by atoms with Crippen LogP contribution in [-0.4, -0.2) is 28.8 Å². The van der Waals surface area contributed by atoms with Crippen LogP contribution in [0.15, 0.2) is 36.4 Å². The van der Waals surface area contributed by atoms with Gasteiger partial charge in [-0.05, 0) is 43.7 Å². The van der Waals surface area contributed by atoms with Gasteiger partial charge in [0.15, 0.2) is 5.15 Å². The number of amides is 2. The Kier molecular flexibility index (Phi) is 6.13. The number of benzene rings is 1. The number of rotatable bonds is 6. The van der Waals surface area contributed by atoms with Gasteiger partial charge in [-0.25, -0.2) is 4.79 Å². The highest BCUT2D eigenvalue weighted by Gasteiger charge is 2.04. The maximum Gasteiger partial charge on any atom is 0.319 e. The Bertz CT molecular complexity index is 631. The van der Waals surface area contributed by atoms with Crippen molar-refractivity contribution in [2.75, 3.05) is 11.9 Å². The van der Waals surface area contributed by atoms with Crippen LogP contribution in [0.5, 0.6) is 11.6 Å². The summed E-state index contributed by atoms with van der Waals surface area (Å²) in [5.41, 5.74) is 6.27. The smallest absolute Gasteiger partial charge is 0.319 e. The van der Waals surface area contributed by atoms with Gasteiger partial charge in [0, 0.05) is 24.3 Å². The van der Waals surface area contributed by atoms with Crippen LogP contribution in [0.3, 0.4) is 0 Å². The molecule has 8 heteroatoms. The molecule has 23 heavy (non-hydrogen) atoms. The number of nitrogens with zero attached hydrogens (tertiary/aromatic N) is 2. The third-order valence-electron chi connectivity index (χ3n) is 2.83. The van der Waals surface area contributed by atoms with E-state index in [0.717, 1.165) is 6.42 Å². The van der Waals surface area contributed by atoms with Crippen LogP contribution in [0.25, 0.3) is 0 Å². The molecule has 0 aliphatic rings. The third kappa shape index (κ3) is 6.09. The Morgan fingerprint density at radius 2 is 2.00 bits per heavy atom. The van der Waals surface area contributed by atoms with E-state index in [1.54, 1.807) is 36.4 Å². The van der Waals surface area contributed by atoms with E-state index in [-0.39, 0.29) is 12.1 Å². The average molecular weight is 336 g/mol. The van der Waals surface area contributed by atoms with Crippen molar-refractivity contribution in [1.82, 2.24) is 15.5 Å². The minimum Gasteiger partial charge on any atom is -0.438 e. The molecule has 1 atom stereocenters. The molecule has 2 rings (SSSR count). The zero-order chi connectivity index (χ0) is 16.7. The Morgan fingerprint density at radius 1 is 1.26 bits per heavy atom. The molecule has 0 spiro atoms. The van der Waals surface area contributed by atoms with Gasteiger partial charge in [0.25, 0.3) is 0 Å². The van der Waals surface area contributed by atoms with E-state index < -0.39 is 0 Å². The van der Waals surface area contributed by atoms with E-state index in [0.29, 0.717) is 29.0 Å². The van der Waals surface area contributed by atoms with Gasteiger partial charge in [0.2, 0.25) is 5.88 Å². The summed E-state index contributed by atoms with van der Waals surface area (Å²) in [7, 11) is 0. The monoisotopic (exact) mass is 335 g/mol. The molecule has 0 aliphatic carbocycles. The van der Waals surface area contributed by atoms with Crippen molar-refractivity contribution in [3.63, 3.8) is 0 Å². The highest BCUT2D eigenvalue weighted by Crippen LogP contribution is 2.21. The highest BCUT2D eigenvalue weighted by atomic mass is 35.5. The van der Waals surface area contributed by atoms with Crippen molar-refractivity contribution in [3.05, 3.63) is 41.6 Å². The molecule has 122 valence electrons. The number of anilines is 1. The molecule has 7 nitrogen and oxygen atoms in total. The van der Waals surface area contributed by atoms with E-state index in [1.807, 2.05) is 6.92 Å². The molecule has 0 saturated heterocycles. The van der Waals surface area contributed by atoms with Crippen molar-refractivity contribution in [3.8, 4) is 11.6 Å². The number of hydrogen-bond acceptors (Lipinski definition) is 5. The first-order valence-electron chi connectivity index (χ1n) is 7.10. The lowest BCUT2D eigenvalue weighted by molar-refractivity contribution is 0.252. The summed E-state index contributed by atoms with van der Waals surface area (Å²) in [6.45, 7) is 2.42. The molecule has 2 amide bonds. The second kappa shape index (κ2) is 8.30. The fourth-order valence-electron chi connectivity index (χ4n) is 1.67. The number of urea groups is 1. The number of hydrogen-bond donors (Lipinski definition) is 3. The average Bonchev–Trinajstić information content (AvgIpc) is 2.51. The Morgan fingerprint density at radius 3 is 2.61 bits per heavy atom. The summed E-state index contributed by atoms with van der Waals surface area (Å²) in [6.07, 6.45) is 0.725. The van der Waals surface area contributed by atoms with Crippen molar-refractivity contribution in [2.45, 2.75) is 19.4 Å². The molecule has 1 heterocycles. The number of halogens is 1. The summed E-state index contributed by atoms with van der Waals surface area (Å²) in [5.74, 6) is 0.910. The summed E-state index contributed by atoms with van der Waals surface area (Å²) in [5, 5.41) is 13.2. The predicted octanol–water partition coefficient (Wildman–Crippen LogP) is 2.78. The standard InChI is InChI=1S/C15H18ClN5O2/c1-10(17)8-9-18-15(22)19-11-2-4-12(5-3-11)23-14-7-6-13(16)20-21-14/h2-7,10H,8-9,17H2,1H3,(H2,18,19,22)/t10-/m0/s1. The molecule has 1 aromatic carbocycles. The van der Waals surface area contributed by atoms with E-state index in [2.05, 4.69) is 20.8 Å². The molecule has 0 bridgehead atoms. The van der Waals surface area contributed by atoms with Gasteiger partial charge in [-0.1, -0.05) is 11.6 Å². The van der Waals surface area contributed by atoms with Gasteiger partial charge < -0.3 is 21.1 Å². The lowest BCUT2D eigenvalue weighted by Crippen LogP contribution is -2.32. The lowest BCUT2D eigenvalue weighted by atomic mass is 10.2. The fourth-order valence-corrected chi connectivity index (χ4v) is 1.77. The fraction of sp³-hybridized carbons (Fsp3) is 0.267. The zero-order valence-corrected chi connectivity index (χ0v) is 13.4. The maximum atomic E-state index is 11.7. The van der Waals surface area contributed by atoms with Crippen LogP contribution in [0.4, 0.5) is 10.5 Å². The minimum atomic E-state index is -0.275. The summed E-state index contributed by atoms with van der Waals surface area (Å²) >= 11 is 5.66. The number of nitrogens with one attached hydrogen (secondary N) is 2. The van der Waals surface area contributed by atoms with E-state index in [9.17, 15) is 4.79 Å². The summed E-state index contributed by atoms with van der Waals surface area (Å²) < 4.78 is 5.51. The van der Waals surface area contributed by atoms with E-state index in [1.165, 1.54) is 0 Å². The van der Waals surface area contributed by atoms with E-state index in [4.69, 9.17) is 22.1 Å². The lowest BCUT2D eigenvalue weighted by Gasteiger charge is -2.09. The van der Waals surface area contributed by atoms with Crippen LogP contribution in [-0.2, 0) is 0 Å². The maximum absolute atomic E-state index is 11.7. The predicted molar refractivity (Wildman–Crippen MR) is 88.8 cm³/mol. The third-order valence-corrected chi connectivity index (χ3v) is 3.03. The largest absolute Gasteiger partial charge is 0.438 e. The van der Waals surface area contributed by atoms with Crippen LogP contribution in [0, 0.1) is 0 Å². The topological polar surface area (TPSA) is 102 Å². The van der Waals surface area contributed by atoms with Crippen molar-refractivity contribution < 1.29 is 9.53 Å². The Balaban J connectivity index is 1.84. The second-order valence-electron chi connectivity index (χ2n) is 4.97. The number of carbonyl (C=O) groups excluding carboxylic acids is 1. The summed E-state index contributed by atoms with van der Waals surface area (Å²) in [6, 6.07) is 9.88. The molecular weight excluding hydrogens is 318 g/mol. The van der Waals surface area contributed by atoms with Crippen LogP contribution < -0.4 is 21.1 Å². The van der Waals surface area contributed by atoms with Gasteiger partial charge in [-0.15, -0.1) is 10.2 Å². The van der Waals surface area contributed by atoms with Crippen LogP contribution in [0.2, 0.25) is 5.15 Å². The minimum absolute atomic E-state index is 0.0581. The van der Waals surface area contributed by atoms with Gasteiger partial charge in [0.05, 0.1) is 0 Å². The van der Waals surface area contributed by atoms with Crippen LogP contribution >= 0.6 is 11.6 Å². The second-order valence-corrected chi connectivity index (χ2v) is 5.35. The summed E-state index contributed by atoms with van der Waals surface area (Å²) in [4.78, 5) is 11.7. The molecule has 4 N–H and O–H groups in total. The molecule has 0 aliphatic heterocycles. The molecule has 1 aromatic heterocycles. The van der Waals surface area contributed by atoms with Gasteiger partial charge in [-0.3, -0.25) is 0 Å². The molecule has 0 unspecified atom stereocenters. The number of carbonyl (C=O) groups is 1. The van der Waals surface area contributed by atoms with Gasteiger partial charge >= 0.3 is 6.03 Å². The first-order chi connectivity index (χ1) is 11.0. The quantitative estimate of drug-likeness (QED) is 0.753. The Hall–Kier alpha value is -2.38. The number of nitrogens with two attached hydrogens (primary N) is 1. The van der Waals surface area contributed by atoms with Crippen molar-refractivity contribution in [2.24, 2.45) is 5.73 Å². The SMILES string of the molecule is C[C@H](N)CCNC(=O)Nc1ccc(Oc2ccc(Cl)nn2)cc1. The van der Waals surface area contributed by atoms with Crippen molar-refractivity contribution >= 4 is 23.3 Å².